The number of aliphatic hydroxyl groups excluding tert-OH is 1. The van der Waals surface area contributed by atoms with Gasteiger partial charge in [-0.2, -0.15) is 0 Å². The maximum Gasteiger partial charge on any atom is 0.120 e. The van der Waals surface area contributed by atoms with Crippen LogP contribution in [-0.2, 0) is 0 Å². The highest BCUT2D eigenvalue weighted by molar-refractivity contribution is 6.30. The van der Waals surface area contributed by atoms with E-state index in [1.165, 1.54) is 25.8 Å². The molecule has 2 rings (SSSR count). The molecule has 2 unspecified atom stereocenters. The van der Waals surface area contributed by atoms with E-state index in [9.17, 15) is 5.11 Å². The summed E-state index contributed by atoms with van der Waals surface area (Å²) in [6.45, 7) is 2.91. The van der Waals surface area contributed by atoms with E-state index in [2.05, 4.69) is 17.3 Å². The molecule has 1 heterocycles. The first-order valence-electron chi connectivity index (χ1n) is 7.62. The predicted octanol–water partition coefficient (Wildman–Crippen LogP) is 2.15. The topological polar surface area (TPSA) is 44.7 Å². The highest BCUT2D eigenvalue weighted by Gasteiger charge is 2.18. The molecule has 0 radical (unpaired) electrons. The quantitative estimate of drug-likeness (QED) is 0.810. The van der Waals surface area contributed by atoms with Crippen molar-refractivity contribution in [1.82, 2.24) is 10.2 Å². The Morgan fingerprint density at radius 2 is 2.33 bits per heavy atom. The van der Waals surface area contributed by atoms with Crippen molar-refractivity contribution < 1.29 is 9.84 Å². The number of rotatable bonds is 7. The van der Waals surface area contributed by atoms with Gasteiger partial charge in [0.05, 0.1) is 0 Å². The van der Waals surface area contributed by atoms with Gasteiger partial charge in [0.25, 0.3) is 0 Å². The van der Waals surface area contributed by atoms with Crippen LogP contribution in [0.5, 0.6) is 5.75 Å². The molecular formula is C16H25ClN2O2. The van der Waals surface area contributed by atoms with E-state index >= 15 is 0 Å². The Hall–Kier alpha value is -0.810. The number of aliphatic hydroxyl groups is 1. The van der Waals surface area contributed by atoms with Gasteiger partial charge < -0.3 is 20.1 Å². The Morgan fingerprint density at radius 1 is 1.48 bits per heavy atom. The summed E-state index contributed by atoms with van der Waals surface area (Å²) in [7, 11) is 2.17. The zero-order valence-electron chi connectivity index (χ0n) is 12.6. The third kappa shape index (κ3) is 5.83. The second-order valence-electron chi connectivity index (χ2n) is 5.71. The van der Waals surface area contributed by atoms with Gasteiger partial charge in [0.15, 0.2) is 0 Å². The first-order chi connectivity index (χ1) is 10.1. The van der Waals surface area contributed by atoms with Gasteiger partial charge in [-0.25, -0.2) is 0 Å². The lowest BCUT2D eigenvalue weighted by Crippen LogP contribution is -2.45. The van der Waals surface area contributed by atoms with Crippen molar-refractivity contribution in [1.29, 1.82) is 0 Å². The average molecular weight is 313 g/mol. The molecule has 2 N–H and O–H groups in total. The van der Waals surface area contributed by atoms with Crippen molar-refractivity contribution >= 4 is 11.6 Å². The van der Waals surface area contributed by atoms with Gasteiger partial charge >= 0.3 is 0 Å². The summed E-state index contributed by atoms with van der Waals surface area (Å²) in [5, 5.41) is 13.9. The van der Waals surface area contributed by atoms with Gasteiger partial charge in [-0.1, -0.05) is 24.1 Å². The normalized spacial score (nSPS) is 21.2. The number of hydrogen-bond donors (Lipinski definition) is 2. The van der Waals surface area contributed by atoms with Gasteiger partial charge in [0.2, 0.25) is 0 Å². The molecule has 4 nitrogen and oxygen atoms in total. The second-order valence-corrected chi connectivity index (χ2v) is 6.15. The fraction of sp³-hybridized carbons (Fsp3) is 0.625. The van der Waals surface area contributed by atoms with Crippen LogP contribution in [0.15, 0.2) is 24.3 Å². The van der Waals surface area contributed by atoms with Crippen molar-refractivity contribution in [3.63, 3.8) is 0 Å². The Morgan fingerprint density at radius 3 is 3.10 bits per heavy atom. The lowest BCUT2D eigenvalue weighted by molar-refractivity contribution is 0.102. The summed E-state index contributed by atoms with van der Waals surface area (Å²) in [6.07, 6.45) is 3.32. The van der Waals surface area contributed by atoms with Crippen LogP contribution in [0.3, 0.4) is 0 Å². The molecule has 0 aliphatic carbocycles. The maximum absolute atomic E-state index is 9.94. The number of nitrogens with one attached hydrogen (secondary N) is 1. The van der Waals surface area contributed by atoms with Crippen molar-refractivity contribution in [3.05, 3.63) is 29.3 Å². The number of likely N-dealkylation sites (N-methyl/N-ethyl adjacent to an activating group) is 1. The highest BCUT2D eigenvalue weighted by Crippen LogP contribution is 2.17. The van der Waals surface area contributed by atoms with E-state index in [1.54, 1.807) is 12.1 Å². The van der Waals surface area contributed by atoms with Gasteiger partial charge in [0.1, 0.15) is 18.5 Å². The van der Waals surface area contributed by atoms with Crippen molar-refractivity contribution in [3.8, 4) is 5.75 Å². The molecule has 21 heavy (non-hydrogen) atoms. The number of benzene rings is 1. The lowest BCUT2D eigenvalue weighted by Gasteiger charge is -2.32. The largest absolute Gasteiger partial charge is 0.491 e. The number of piperidine rings is 1. The van der Waals surface area contributed by atoms with Crippen LogP contribution in [-0.4, -0.2) is 55.4 Å². The monoisotopic (exact) mass is 312 g/mol. The minimum absolute atomic E-state index is 0.272. The summed E-state index contributed by atoms with van der Waals surface area (Å²) >= 11 is 5.88. The van der Waals surface area contributed by atoms with Crippen LogP contribution in [0.1, 0.15) is 19.3 Å². The average Bonchev–Trinajstić information content (AvgIpc) is 2.47. The number of halogens is 1. The smallest absolute Gasteiger partial charge is 0.120 e. The molecule has 5 heteroatoms. The van der Waals surface area contributed by atoms with Gasteiger partial charge in [-0.15, -0.1) is 0 Å². The molecule has 1 saturated heterocycles. The second kappa shape index (κ2) is 8.59. The van der Waals surface area contributed by atoms with E-state index in [-0.39, 0.29) is 6.61 Å². The van der Waals surface area contributed by atoms with Crippen LogP contribution in [0.4, 0.5) is 0 Å². The van der Waals surface area contributed by atoms with Crippen molar-refractivity contribution in [2.75, 3.05) is 33.3 Å². The van der Waals surface area contributed by atoms with E-state index in [0.717, 1.165) is 6.54 Å². The zero-order chi connectivity index (χ0) is 15.1. The third-order valence-corrected chi connectivity index (χ3v) is 4.16. The molecule has 0 saturated carbocycles. The molecule has 1 aliphatic heterocycles. The zero-order valence-corrected chi connectivity index (χ0v) is 13.4. The molecular weight excluding hydrogens is 288 g/mol. The number of likely N-dealkylation sites (tertiary alicyclic amines) is 1. The van der Waals surface area contributed by atoms with E-state index in [0.29, 0.717) is 23.4 Å². The fourth-order valence-corrected chi connectivity index (χ4v) is 2.81. The molecule has 0 spiro atoms. The van der Waals surface area contributed by atoms with Crippen LogP contribution in [0.25, 0.3) is 0 Å². The lowest BCUT2D eigenvalue weighted by atomic mass is 10.0. The Labute approximate surface area is 132 Å². The maximum atomic E-state index is 9.94. The fourth-order valence-electron chi connectivity index (χ4n) is 2.63. The van der Waals surface area contributed by atoms with Gasteiger partial charge in [-0.3, -0.25) is 0 Å². The van der Waals surface area contributed by atoms with Gasteiger partial charge in [0, 0.05) is 24.2 Å². The Balaban J connectivity index is 1.62. The molecule has 0 aromatic heterocycles. The Kier molecular flexibility index (Phi) is 6.77. The molecule has 1 aromatic carbocycles. The van der Waals surface area contributed by atoms with Crippen LogP contribution >= 0.6 is 11.6 Å². The minimum Gasteiger partial charge on any atom is -0.491 e. The molecule has 0 bridgehead atoms. The standard InChI is InChI=1S/C16H25ClN2O2/c1-19-8-3-2-6-14(19)10-18-11-15(20)12-21-16-7-4-5-13(17)9-16/h4-5,7,9,14-15,18,20H,2-3,6,8,10-12H2,1H3. The van der Waals surface area contributed by atoms with Crippen molar-refractivity contribution in [2.45, 2.75) is 31.4 Å². The SMILES string of the molecule is CN1CCCCC1CNCC(O)COc1cccc(Cl)c1. The van der Waals surface area contributed by atoms with Crippen LogP contribution in [0, 0.1) is 0 Å². The number of ether oxygens (including phenoxy) is 1. The molecule has 1 fully saturated rings. The predicted molar refractivity (Wildman–Crippen MR) is 86.1 cm³/mol. The Bertz CT molecular complexity index is 430. The molecule has 2 atom stereocenters. The summed E-state index contributed by atoms with van der Waals surface area (Å²) in [4.78, 5) is 2.39. The summed E-state index contributed by atoms with van der Waals surface area (Å²) < 4.78 is 5.53. The molecule has 1 aliphatic rings. The summed E-state index contributed by atoms with van der Waals surface area (Å²) in [5.41, 5.74) is 0. The first-order valence-corrected chi connectivity index (χ1v) is 8.00. The number of nitrogens with zero attached hydrogens (tertiary/aromatic N) is 1. The molecule has 1 aromatic rings. The first kappa shape index (κ1) is 16.6. The summed E-state index contributed by atoms with van der Waals surface area (Å²) in [6, 6.07) is 7.80. The molecule has 0 amide bonds. The number of hydrogen-bond acceptors (Lipinski definition) is 4. The molecule has 118 valence electrons. The van der Waals surface area contributed by atoms with E-state index < -0.39 is 6.10 Å². The van der Waals surface area contributed by atoms with E-state index in [4.69, 9.17) is 16.3 Å². The van der Waals surface area contributed by atoms with E-state index in [1.807, 2.05) is 12.1 Å². The minimum atomic E-state index is -0.516. The highest BCUT2D eigenvalue weighted by atomic mass is 35.5. The third-order valence-electron chi connectivity index (χ3n) is 3.92. The van der Waals surface area contributed by atoms with Gasteiger partial charge in [-0.05, 0) is 44.6 Å². The van der Waals surface area contributed by atoms with Crippen LogP contribution in [0.2, 0.25) is 5.02 Å². The van der Waals surface area contributed by atoms with Crippen LogP contribution < -0.4 is 10.1 Å². The van der Waals surface area contributed by atoms with Crippen molar-refractivity contribution in [2.24, 2.45) is 0 Å². The summed E-state index contributed by atoms with van der Waals surface area (Å²) in [5.74, 6) is 0.688.